The first-order valence-corrected chi connectivity index (χ1v) is 4.25. The van der Waals surface area contributed by atoms with Gasteiger partial charge in [-0.25, -0.2) is 0 Å². The molecule has 0 aromatic carbocycles. The molecular weight excluding hydrogens is 120 g/mol. The maximum absolute atomic E-state index is 2.27. The number of rotatable bonds is 0. The lowest BCUT2D eigenvalue weighted by molar-refractivity contribution is 0.157. The van der Waals surface area contributed by atoms with Crippen molar-refractivity contribution in [3.8, 4) is 0 Å². The molecule has 0 fully saturated rings. The minimum Gasteiger partial charge on any atom is -0.0683 e. The van der Waals surface area contributed by atoms with Crippen molar-refractivity contribution in [3.63, 3.8) is 0 Å². The van der Waals surface area contributed by atoms with E-state index in [4.69, 9.17) is 0 Å². The van der Waals surface area contributed by atoms with E-state index in [0.29, 0.717) is 10.8 Å². The summed E-state index contributed by atoms with van der Waals surface area (Å²) in [6.45, 7) is 17.6. The minimum atomic E-state index is 0.437. The van der Waals surface area contributed by atoms with Gasteiger partial charge in [0.2, 0.25) is 0 Å². The summed E-state index contributed by atoms with van der Waals surface area (Å²) in [5.74, 6) is 0. The molecule has 0 saturated carbocycles. The Balaban J connectivity index is 0. The third-order valence-corrected chi connectivity index (χ3v) is 2.25. The second kappa shape index (κ2) is 4.00. The molecular formula is C10H24. The molecule has 0 N–H and O–H groups in total. The van der Waals surface area contributed by atoms with Crippen LogP contribution in [0.1, 0.15) is 55.4 Å². The van der Waals surface area contributed by atoms with Crippen LogP contribution in [0.5, 0.6) is 0 Å². The first-order valence-electron chi connectivity index (χ1n) is 4.25. The lowest BCUT2D eigenvalue weighted by atomic mass is 9.71. The highest BCUT2D eigenvalue weighted by atomic mass is 14.3. The highest BCUT2D eigenvalue weighted by Gasteiger charge is 2.26. The van der Waals surface area contributed by atoms with Gasteiger partial charge in [-0.3, -0.25) is 0 Å². The summed E-state index contributed by atoms with van der Waals surface area (Å²) in [6, 6.07) is 0. The standard InChI is InChI=1S/C8H18.C2H6/c1-7(2,3)8(4,5)6;1-2/h1-6H3;1-2H3. The summed E-state index contributed by atoms with van der Waals surface area (Å²) < 4.78 is 0. The Labute approximate surface area is 67.0 Å². The van der Waals surface area contributed by atoms with Crippen molar-refractivity contribution in [2.45, 2.75) is 55.4 Å². The van der Waals surface area contributed by atoms with Crippen molar-refractivity contribution in [2.75, 3.05) is 0 Å². The first-order chi connectivity index (χ1) is 4.25. The van der Waals surface area contributed by atoms with Crippen molar-refractivity contribution in [1.82, 2.24) is 0 Å². The fourth-order valence-electron chi connectivity index (χ4n) is 0. The summed E-state index contributed by atoms with van der Waals surface area (Å²) >= 11 is 0. The van der Waals surface area contributed by atoms with Gasteiger partial charge in [-0.1, -0.05) is 55.4 Å². The van der Waals surface area contributed by atoms with E-state index in [1.807, 2.05) is 13.8 Å². The van der Waals surface area contributed by atoms with Gasteiger partial charge in [-0.05, 0) is 10.8 Å². The number of hydrogen-bond acceptors (Lipinski definition) is 0. The van der Waals surface area contributed by atoms with E-state index in [-0.39, 0.29) is 0 Å². The van der Waals surface area contributed by atoms with Gasteiger partial charge < -0.3 is 0 Å². The molecule has 0 nitrogen and oxygen atoms in total. The highest BCUT2D eigenvalue weighted by molar-refractivity contribution is 4.76. The predicted octanol–water partition coefficient (Wildman–Crippen LogP) is 4.10. The van der Waals surface area contributed by atoms with Crippen LogP contribution >= 0.6 is 0 Å². The molecule has 0 atom stereocenters. The predicted molar refractivity (Wildman–Crippen MR) is 50.3 cm³/mol. The molecule has 0 aromatic rings. The van der Waals surface area contributed by atoms with Gasteiger partial charge >= 0.3 is 0 Å². The van der Waals surface area contributed by atoms with Crippen LogP contribution in [0, 0.1) is 10.8 Å². The van der Waals surface area contributed by atoms with Crippen LogP contribution in [0.2, 0.25) is 0 Å². The Morgan fingerprint density at radius 1 is 0.500 bits per heavy atom. The van der Waals surface area contributed by atoms with E-state index >= 15 is 0 Å². The molecule has 0 bridgehead atoms. The van der Waals surface area contributed by atoms with Gasteiger partial charge in [0.05, 0.1) is 0 Å². The van der Waals surface area contributed by atoms with Crippen molar-refractivity contribution >= 4 is 0 Å². The summed E-state index contributed by atoms with van der Waals surface area (Å²) in [4.78, 5) is 0. The molecule has 0 rings (SSSR count). The normalized spacial score (nSPS) is 12.0. The smallest absolute Gasteiger partial charge is 0.0334 e. The topological polar surface area (TPSA) is 0 Å². The maximum Gasteiger partial charge on any atom is -0.0334 e. The van der Waals surface area contributed by atoms with Crippen LogP contribution in [0.15, 0.2) is 0 Å². The fraction of sp³-hybridized carbons (Fsp3) is 1.00. The van der Waals surface area contributed by atoms with E-state index in [2.05, 4.69) is 41.5 Å². The Hall–Kier alpha value is 0. The Bertz CT molecular complexity index is 55.0. The van der Waals surface area contributed by atoms with Crippen molar-refractivity contribution < 1.29 is 0 Å². The Kier molecular flexibility index (Phi) is 5.06. The lowest BCUT2D eigenvalue weighted by Gasteiger charge is -2.34. The van der Waals surface area contributed by atoms with Crippen molar-refractivity contribution in [3.05, 3.63) is 0 Å². The van der Waals surface area contributed by atoms with Crippen molar-refractivity contribution in [2.24, 2.45) is 10.8 Å². The monoisotopic (exact) mass is 144 g/mol. The van der Waals surface area contributed by atoms with Gasteiger partial charge in [-0.15, -0.1) is 0 Å². The molecule has 0 radical (unpaired) electrons. The van der Waals surface area contributed by atoms with Crippen LogP contribution in [-0.2, 0) is 0 Å². The van der Waals surface area contributed by atoms with Crippen LogP contribution in [0.25, 0.3) is 0 Å². The summed E-state index contributed by atoms with van der Waals surface area (Å²) in [5.41, 5.74) is 0.875. The van der Waals surface area contributed by atoms with Crippen LogP contribution in [0.4, 0.5) is 0 Å². The van der Waals surface area contributed by atoms with Crippen LogP contribution in [0.3, 0.4) is 0 Å². The van der Waals surface area contributed by atoms with E-state index < -0.39 is 0 Å². The summed E-state index contributed by atoms with van der Waals surface area (Å²) in [7, 11) is 0. The zero-order valence-corrected chi connectivity index (χ0v) is 9.00. The molecule has 0 heterocycles. The molecule has 10 heavy (non-hydrogen) atoms. The fourth-order valence-corrected chi connectivity index (χ4v) is 0. The Morgan fingerprint density at radius 2 is 0.600 bits per heavy atom. The molecule has 0 amide bonds. The van der Waals surface area contributed by atoms with Gasteiger partial charge in [0.1, 0.15) is 0 Å². The van der Waals surface area contributed by atoms with E-state index in [1.165, 1.54) is 0 Å². The van der Waals surface area contributed by atoms with Gasteiger partial charge in [0, 0.05) is 0 Å². The summed E-state index contributed by atoms with van der Waals surface area (Å²) in [5, 5.41) is 0. The van der Waals surface area contributed by atoms with E-state index in [9.17, 15) is 0 Å². The van der Waals surface area contributed by atoms with Gasteiger partial charge in [0.15, 0.2) is 0 Å². The second-order valence-corrected chi connectivity index (χ2v) is 4.50. The molecule has 0 aliphatic rings. The molecule has 0 heteroatoms. The molecule has 0 aromatic heterocycles. The molecule has 0 unspecified atom stereocenters. The summed E-state index contributed by atoms with van der Waals surface area (Å²) in [6.07, 6.45) is 0. The van der Waals surface area contributed by atoms with Crippen LogP contribution < -0.4 is 0 Å². The molecule has 64 valence electrons. The molecule has 0 saturated heterocycles. The first kappa shape index (κ1) is 12.7. The maximum atomic E-state index is 2.27. The van der Waals surface area contributed by atoms with Gasteiger partial charge in [0.25, 0.3) is 0 Å². The third-order valence-electron chi connectivity index (χ3n) is 2.25. The average Bonchev–Trinajstić information content (AvgIpc) is 1.66. The average molecular weight is 144 g/mol. The molecule has 0 spiro atoms. The number of hydrogen-bond donors (Lipinski definition) is 0. The zero-order valence-electron chi connectivity index (χ0n) is 9.00. The minimum absolute atomic E-state index is 0.437. The Morgan fingerprint density at radius 3 is 0.600 bits per heavy atom. The van der Waals surface area contributed by atoms with E-state index in [1.54, 1.807) is 0 Å². The van der Waals surface area contributed by atoms with E-state index in [0.717, 1.165) is 0 Å². The third kappa shape index (κ3) is 4.84. The SMILES string of the molecule is CC.CC(C)(C)C(C)(C)C. The highest BCUT2D eigenvalue weighted by Crippen LogP contribution is 2.36. The quantitative estimate of drug-likeness (QED) is 0.480. The lowest BCUT2D eigenvalue weighted by Crippen LogP contribution is -2.25. The van der Waals surface area contributed by atoms with Crippen LogP contribution in [-0.4, -0.2) is 0 Å². The molecule has 0 aliphatic carbocycles. The van der Waals surface area contributed by atoms with Crippen molar-refractivity contribution in [1.29, 1.82) is 0 Å². The molecule has 0 aliphatic heterocycles. The van der Waals surface area contributed by atoms with Gasteiger partial charge in [-0.2, -0.15) is 0 Å². The largest absolute Gasteiger partial charge is 0.0683 e. The second-order valence-electron chi connectivity index (χ2n) is 4.50. The zero-order chi connectivity index (χ0) is 9.00.